The molecule has 4 aliphatic carbocycles. The number of rotatable bonds is 8. The number of anilines is 4. The molecule has 5 aliphatic rings. The van der Waals surface area contributed by atoms with Crippen LogP contribution in [0.3, 0.4) is 0 Å². The molecule has 0 saturated heterocycles. The van der Waals surface area contributed by atoms with Gasteiger partial charge in [-0.3, -0.25) is 0 Å². The maximum atomic E-state index is 6.67. The van der Waals surface area contributed by atoms with Crippen molar-refractivity contribution in [3.8, 4) is 17.3 Å². The smallest absolute Gasteiger partial charge is 0.135 e. The maximum Gasteiger partial charge on any atom is 0.135 e. The van der Waals surface area contributed by atoms with E-state index >= 15 is 0 Å². The minimum atomic E-state index is -0.00727. The van der Waals surface area contributed by atoms with Gasteiger partial charge in [-0.15, -0.1) is 48.1 Å². The van der Waals surface area contributed by atoms with Crippen molar-refractivity contribution < 1.29 is 25.8 Å². The van der Waals surface area contributed by atoms with E-state index in [9.17, 15) is 0 Å². The second-order valence-electron chi connectivity index (χ2n) is 18.0. The van der Waals surface area contributed by atoms with Crippen LogP contribution in [-0.4, -0.2) is 9.55 Å². The molecule has 13 rings (SSSR count). The Balaban J connectivity index is 0.00000420. The fraction of sp³-hybridized carbons (Fsp3) is 0.236. The maximum absolute atomic E-state index is 6.67. The van der Waals surface area contributed by atoms with E-state index < -0.39 is 0 Å². The normalized spacial score (nSPS) is 22.5. The molecule has 8 aromatic rings. The van der Waals surface area contributed by atoms with Gasteiger partial charge in [0, 0.05) is 66.8 Å². The molecule has 1 aliphatic heterocycles. The monoisotopic (exact) mass is 974 g/mol. The van der Waals surface area contributed by atoms with Crippen LogP contribution in [0.5, 0.6) is 11.5 Å². The third kappa shape index (κ3) is 6.17. The second-order valence-corrected chi connectivity index (χ2v) is 18.0. The van der Waals surface area contributed by atoms with Gasteiger partial charge in [-0.1, -0.05) is 92.2 Å². The molecule has 6 aromatic carbocycles. The van der Waals surface area contributed by atoms with Crippen LogP contribution in [0.2, 0.25) is 0 Å². The first-order valence-corrected chi connectivity index (χ1v) is 21.8. The van der Waals surface area contributed by atoms with Gasteiger partial charge in [0.15, 0.2) is 0 Å². The van der Waals surface area contributed by atoms with Crippen LogP contribution in [0.15, 0.2) is 152 Å². The van der Waals surface area contributed by atoms with Crippen LogP contribution in [0.4, 0.5) is 22.7 Å². The number of hydrogen-bond donors (Lipinski definition) is 0. The summed E-state index contributed by atoms with van der Waals surface area (Å²) in [5.41, 5.74) is 10.5. The minimum Gasteiger partial charge on any atom is -0.509 e. The number of hydrogen-bond acceptors (Lipinski definition) is 4. The van der Waals surface area contributed by atoms with Crippen LogP contribution in [-0.2, 0) is 26.5 Å². The van der Waals surface area contributed by atoms with E-state index in [-0.39, 0.29) is 26.5 Å². The number of fused-ring (bicyclic) bond motifs is 4. The molecule has 5 nitrogen and oxygen atoms in total. The number of pyridine rings is 1. The predicted molar refractivity (Wildman–Crippen MR) is 243 cm³/mol. The first-order valence-electron chi connectivity index (χ1n) is 21.8. The Morgan fingerprint density at radius 3 is 2.08 bits per heavy atom. The Hall–Kier alpha value is -5.64. The van der Waals surface area contributed by atoms with Gasteiger partial charge in [0.05, 0.1) is 0 Å². The molecule has 4 saturated carbocycles. The van der Waals surface area contributed by atoms with E-state index in [0.717, 1.165) is 56.8 Å². The summed E-state index contributed by atoms with van der Waals surface area (Å²) in [6, 6.07) is 59.8. The van der Waals surface area contributed by atoms with Crippen molar-refractivity contribution in [3.63, 3.8) is 0 Å². The first kappa shape index (κ1) is 38.3. The van der Waals surface area contributed by atoms with Crippen molar-refractivity contribution in [1.82, 2.24) is 9.55 Å². The Labute approximate surface area is 373 Å². The van der Waals surface area contributed by atoms with Crippen molar-refractivity contribution in [2.75, 3.05) is 9.80 Å². The zero-order valence-electron chi connectivity index (χ0n) is 34.4. The van der Waals surface area contributed by atoms with Crippen LogP contribution >= 0.6 is 0 Å². The summed E-state index contributed by atoms with van der Waals surface area (Å²) < 4.78 is 8.97. The molecule has 6 heteroatoms. The van der Waals surface area contributed by atoms with Gasteiger partial charge in [-0.25, -0.2) is 4.98 Å². The Kier molecular flexibility index (Phi) is 9.46. The van der Waals surface area contributed by atoms with Gasteiger partial charge in [0.2, 0.25) is 0 Å². The average Bonchev–Trinajstić information content (AvgIpc) is 3.83. The number of para-hydroxylation sites is 3. The van der Waals surface area contributed by atoms with Crippen LogP contribution < -0.4 is 14.5 Å². The number of nitrogens with zero attached hydrogens (tertiary/aromatic N) is 4. The molecule has 0 atom stereocenters. The van der Waals surface area contributed by atoms with Crippen molar-refractivity contribution in [2.24, 2.45) is 23.7 Å². The van der Waals surface area contributed by atoms with Gasteiger partial charge >= 0.3 is 0 Å². The molecule has 0 spiro atoms. The predicted octanol–water partition coefficient (Wildman–Crippen LogP) is 13.8. The minimum absolute atomic E-state index is 0. The van der Waals surface area contributed by atoms with Crippen LogP contribution in [0.25, 0.3) is 27.6 Å². The molecule has 0 unspecified atom stereocenters. The molecular formula is C55H47N4OPt-3. The zero-order valence-corrected chi connectivity index (χ0v) is 36.7. The standard InChI is InChI=1S/C55H47N4O.Pt/c1-36(2)39-19-21-44(22-20-39)57-35-58(52-18-9-8-17-51(52)57)45-13-10-14-46(33-45)60-47-23-24-49-48-15-6-7-16-50(48)59(53(49)34-47)54-32-41(25-26-56-54)55(40-11-4-3-5-12-40)42-28-37-27-38(30-42)31-43(55)29-37;/h3-26,32,35-38,42-43H,27-31H2,1-2H3;/q-3;. The molecular weight excluding hydrogens is 928 g/mol. The van der Waals surface area contributed by atoms with Gasteiger partial charge < -0.3 is 19.1 Å². The molecule has 4 bridgehead atoms. The summed E-state index contributed by atoms with van der Waals surface area (Å²) in [5, 5.41) is 2.30. The van der Waals surface area contributed by atoms with Crippen LogP contribution in [0.1, 0.15) is 68.6 Å². The van der Waals surface area contributed by atoms with E-state index in [1.807, 2.05) is 18.2 Å². The van der Waals surface area contributed by atoms with Crippen LogP contribution in [0, 0.1) is 42.5 Å². The van der Waals surface area contributed by atoms with Gasteiger partial charge in [0.25, 0.3) is 0 Å². The second kappa shape index (κ2) is 15.1. The fourth-order valence-electron chi connectivity index (χ4n) is 12.0. The largest absolute Gasteiger partial charge is 0.509 e. The Morgan fingerprint density at radius 1 is 0.639 bits per heavy atom. The summed E-state index contributed by atoms with van der Waals surface area (Å²) in [7, 11) is 0. The third-order valence-corrected chi connectivity index (χ3v) is 14.4. The molecule has 306 valence electrons. The van der Waals surface area contributed by atoms with Gasteiger partial charge in [-0.2, -0.15) is 12.1 Å². The Bertz CT molecular complexity index is 2870. The summed E-state index contributed by atoms with van der Waals surface area (Å²) in [4.78, 5) is 9.56. The molecule has 2 aromatic heterocycles. The van der Waals surface area contributed by atoms with E-state index in [1.54, 1.807) is 0 Å². The molecule has 0 amide bonds. The van der Waals surface area contributed by atoms with Gasteiger partial charge in [-0.05, 0) is 126 Å². The quantitative estimate of drug-likeness (QED) is 0.142. The van der Waals surface area contributed by atoms with E-state index in [2.05, 4.69) is 181 Å². The summed E-state index contributed by atoms with van der Waals surface area (Å²) >= 11 is 0. The topological polar surface area (TPSA) is 33.5 Å². The van der Waals surface area contributed by atoms with Crippen molar-refractivity contribution in [3.05, 3.63) is 187 Å². The summed E-state index contributed by atoms with van der Waals surface area (Å²) in [5.74, 6) is 5.72. The summed E-state index contributed by atoms with van der Waals surface area (Å²) in [6.07, 6.45) is 8.79. The number of aromatic nitrogens is 2. The SMILES string of the molecule is CC(C)c1ccc(N2[CH-]N(c3[c-]c(Oc4[c-]c5c(cc4)c4ccccc4n5-c4cc(C5(c6ccccc6)C6CC7CC(C6)CC5C7)ccn4)ccc3)c3ccccc32)cc1.[Pt]. The molecule has 4 fully saturated rings. The number of benzene rings is 6. The van der Waals surface area contributed by atoms with Crippen molar-refractivity contribution in [2.45, 2.75) is 57.3 Å². The van der Waals surface area contributed by atoms with E-state index in [1.165, 1.54) is 54.2 Å². The van der Waals surface area contributed by atoms with E-state index in [4.69, 9.17) is 9.72 Å². The molecule has 0 N–H and O–H groups in total. The van der Waals surface area contributed by atoms with Crippen molar-refractivity contribution >= 4 is 44.6 Å². The zero-order chi connectivity index (χ0) is 40.0. The summed E-state index contributed by atoms with van der Waals surface area (Å²) in [6.45, 7) is 6.61. The molecule has 3 heterocycles. The molecule has 61 heavy (non-hydrogen) atoms. The first-order chi connectivity index (χ1) is 29.5. The Morgan fingerprint density at radius 2 is 1.33 bits per heavy atom. The third-order valence-electron chi connectivity index (χ3n) is 14.4. The average molecular weight is 975 g/mol. The number of ether oxygens (including phenoxy) is 1. The molecule has 0 radical (unpaired) electrons. The van der Waals surface area contributed by atoms with Gasteiger partial charge in [0.1, 0.15) is 5.82 Å². The van der Waals surface area contributed by atoms with Crippen molar-refractivity contribution in [1.29, 1.82) is 0 Å². The fourth-order valence-corrected chi connectivity index (χ4v) is 12.0. The van der Waals surface area contributed by atoms with E-state index in [0.29, 0.717) is 29.3 Å².